The molecule has 0 fully saturated rings. The number of furan rings is 1. The summed E-state index contributed by atoms with van der Waals surface area (Å²) in [5.41, 5.74) is 8.38. The van der Waals surface area contributed by atoms with Gasteiger partial charge in [0, 0.05) is 31.5 Å². The predicted molar refractivity (Wildman–Crippen MR) is 106 cm³/mol. The van der Waals surface area contributed by atoms with Crippen LogP contribution in [0.15, 0.2) is 51.2 Å². The lowest BCUT2D eigenvalue weighted by Gasteiger charge is -2.07. The van der Waals surface area contributed by atoms with Gasteiger partial charge < -0.3 is 15.0 Å². The standard InChI is InChI=1S/C18H22N6O4S/c1-12-9-13(2)24(21-12)16-7-5-14(10-20-16)18(19)22-27-11-15-6-8-17(28-15)29(25,26)23(3)4/h5-10H,11H2,1-4H3,(H2,19,22). The maximum Gasteiger partial charge on any atom is 0.275 e. The zero-order chi connectivity index (χ0) is 21.2. The average molecular weight is 418 g/mol. The molecule has 29 heavy (non-hydrogen) atoms. The summed E-state index contributed by atoms with van der Waals surface area (Å²) in [6.07, 6.45) is 1.57. The topological polar surface area (TPSA) is 129 Å². The molecule has 154 valence electrons. The van der Waals surface area contributed by atoms with E-state index in [0.29, 0.717) is 17.1 Å². The molecule has 2 N–H and O–H groups in total. The van der Waals surface area contributed by atoms with Crippen molar-refractivity contribution in [2.24, 2.45) is 10.9 Å². The Morgan fingerprint density at radius 2 is 2.03 bits per heavy atom. The van der Waals surface area contributed by atoms with Crippen molar-refractivity contribution in [1.29, 1.82) is 0 Å². The van der Waals surface area contributed by atoms with Crippen LogP contribution in [0, 0.1) is 13.8 Å². The lowest BCUT2D eigenvalue weighted by Crippen LogP contribution is -2.21. The summed E-state index contributed by atoms with van der Waals surface area (Å²) in [5.74, 6) is 1.10. The van der Waals surface area contributed by atoms with Crippen molar-refractivity contribution in [3.05, 3.63) is 59.2 Å². The van der Waals surface area contributed by atoms with Crippen LogP contribution in [0.3, 0.4) is 0 Å². The Labute approximate surface area is 168 Å². The third-order valence-corrected chi connectivity index (χ3v) is 5.70. The molecule has 0 amide bonds. The highest BCUT2D eigenvalue weighted by Gasteiger charge is 2.21. The molecule has 10 nitrogen and oxygen atoms in total. The van der Waals surface area contributed by atoms with Crippen LogP contribution in [0.5, 0.6) is 0 Å². The maximum atomic E-state index is 12.0. The summed E-state index contributed by atoms with van der Waals surface area (Å²) in [6.45, 7) is 3.79. The van der Waals surface area contributed by atoms with E-state index in [1.54, 1.807) is 23.0 Å². The molecule has 3 heterocycles. The summed E-state index contributed by atoms with van der Waals surface area (Å²) in [5, 5.41) is 8.05. The SMILES string of the molecule is Cc1cc(C)n(-c2ccc(/C(N)=N\OCc3ccc(S(=O)(=O)N(C)C)o3)cn2)n1. The van der Waals surface area contributed by atoms with Gasteiger partial charge in [-0.2, -0.15) is 5.10 Å². The van der Waals surface area contributed by atoms with Crippen molar-refractivity contribution < 1.29 is 17.7 Å². The molecule has 0 aromatic carbocycles. The third kappa shape index (κ3) is 4.46. The van der Waals surface area contributed by atoms with Gasteiger partial charge in [-0.25, -0.2) is 22.4 Å². The number of oxime groups is 1. The van der Waals surface area contributed by atoms with Crippen LogP contribution < -0.4 is 5.73 Å². The molecule has 3 rings (SSSR count). The van der Waals surface area contributed by atoms with E-state index in [1.165, 1.54) is 26.2 Å². The van der Waals surface area contributed by atoms with Crippen LogP contribution in [0.1, 0.15) is 22.7 Å². The number of pyridine rings is 1. The quantitative estimate of drug-likeness (QED) is 0.350. The molecule has 3 aromatic rings. The molecule has 11 heteroatoms. The highest BCUT2D eigenvalue weighted by Crippen LogP contribution is 2.17. The number of aryl methyl sites for hydroxylation is 2. The van der Waals surface area contributed by atoms with Crippen LogP contribution in [0.2, 0.25) is 0 Å². The van der Waals surface area contributed by atoms with E-state index in [9.17, 15) is 8.42 Å². The number of hydrogen-bond donors (Lipinski definition) is 1. The maximum absolute atomic E-state index is 12.0. The number of nitrogens with two attached hydrogens (primary N) is 1. The van der Waals surface area contributed by atoms with Crippen LogP contribution >= 0.6 is 0 Å². The van der Waals surface area contributed by atoms with E-state index in [-0.39, 0.29) is 17.5 Å². The summed E-state index contributed by atoms with van der Waals surface area (Å²) in [4.78, 5) is 9.53. The largest absolute Gasteiger partial charge is 0.444 e. The molecule has 0 bridgehead atoms. The van der Waals surface area contributed by atoms with Crippen molar-refractivity contribution in [2.75, 3.05) is 14.1 Å². The van der Waals surface area contributed by atoms with E-state index in [1.807, 2.05) is 19.9 Å². The molecule has 0 radical (unpaired) electrons. The molecule has 0 saturated heterocycles. The Morgan fingerprint density at radius 3 is 2.62 bits per heavy atom. The van der Waals surface area contributed by atoms with E-state index >= 15 is 0 Å². The molecule has 0 unspecified atom stereocenters. The summed E-state index contributed by atoms with van der Waals surface area (Å²) in [7, 11) is -0.786. The molecule has 0 aliphatic heterocycles. The van der Waals surface area contributed by atoms with Crippen LogP contribution in [0.4, 0.5) is 0 Å². The van der Waals surface area contributed by atoms with Crippen LogP contribution in [-0.2, 0) is 21.5 Å². The predicted octanol–water partition coefficient (Wildman–Crippen LogP) is 1.56. The lowest BCUT2D eigenvalue weighted by molar-refractivity contribution is 0.111. The summed E-state index contributed by atoms with van der Waals surface area (Å²) < 4.78 is 32.1. The fourth-order valence-corrected chi connectivity index (χ4v) is 3.31. The lowest BCUT2D eigenvalue weighted by atomic mass is 10.2. The molecule has 0 aliphatic carbocycles. The first-order valence-corrected chi connectivity index (χ1v) is 10.1. The summed E-state index contributed by atoms with van der Waals surface area (Å²) in [6, 6.07) is 8.37. The van der Waals surface area contributed by atoms with Gasteiger partial charge in [0.05, 0.1) is 5.69 Å². The minimum atomic E-state index is -3.63. The molecular weight excluding hydrogens is 396 g/mol. The van der Waals surface area contributed by atoms with Gasteiger partial charge in [0.15, 0.2) is 18.3 Å². The van der Waals surface area contributed by atoms with Crippen molar-refractivity contribution in [3.63, 3.8) is 0 Å². The van der Waals surface area contributed by atoms with E-state index in [4.69, 9.17) is 15.0 Å². The van der Waals surface area contributed by atoms with Crippen LogP contribution in [-0.4, -0.2) is 47.4 Å². The Bertz CT molecular complexity index is 1130. The second-order valence-electron chi connectivity index (χ2n) is 6.50. The number of rotatable bonds is 7. The Morgan fingerprint density at radius 1 is 1.28 bits per heavy atom. The van der Waals surface area contributed by atoms with Gasteiger partial charge in [0.2, 0.25) is 5.09 Å². The molecule has 0 atom stereocenters. The fourth-order valence-electron chi connectivity index (χ4n) is 2.50. The molecule has 3 aromatic heterocycles. The van der Waals surface area contributed by atoms with Crippen molar-refractivity contribution in [3.8, 4) is 5.82 Å². The summed E-state index contributed by atoms with van der Waals surface area (Å²) >= 11 is 0. The van der Waals surface area contributed by atoms with Gasteiger partial charge in [-0.05, 0) is 44.2 Å². The first-order valence-electron chi connectivity index (χ1n) is 8.65. The Kier molecular flexibility index (Phi) is 5.71. The van der Waals surface area contributed by atoms with Gasteiger partial charge in [0.25, 0.3) is 10.0 Å². The zero-order valence-corrected chi connectivity index (χ0v) is 17.3. The third-order valence-electron chi connectivity index (χ3n) is 4.01. The second kappa shape index (κ2) is 8.05. The molecule has 0 saturated carbocycles. The Balaban J connectivity index is 1.65. The smallest absolute Gasteiger partial charge is 0.275 e. The number of sulfonamides is 1. The van der Waals surface area contributed by atoms with Crippen LogP contribution in [0.25, 0.3) is 5.82 Å². The van der Waals surface area contributed by atoms with E-state index in [2.05, 4.69) is 15.2 Å². The monoisotopic (exact) mass is 418 g/mol. The number of amidine groups is 1. The van der Waals surface area contributed by atoms with Gasteiger partial charge in [-0.1, -0.05) is 5.16 Å². The van der Waals surface area contributed by atoms with Gasteiger partial charge in [-0.3, -0.25) is 0 Å². The number of aromatic nitrogens is 3. The first kappa shape index (κ1) is 20.6. The molecule has 0 aliphatic rings. The Hall–Kier alpha value is -3.18. The number of nitrogens with zero attached hydrogens (tertiary/aromatic N) is 5. The zero-order valence-electron chi connectivity index (χ0n) is 16.5. The molecule has 0 spiro atoms. The number of hydrogen-bond acceptors (Lipinski definition) is 7. The van der Waals surface area contributed by atoms with E-state index < -0.39 is 10.0 Å². The second-order valence-corrected chi connectivity index (χ2v) is 8.58. The van der Waals surface area contributed by atoms with E-state index in [0.717, 1.165) is 15.7 Å². The minimum Gasteiger partial charge on any atom is -0.444 e. The normalized spacial score (nSPS) is 12.5. The van der Waals surface area contributed by atoms with Gasteiger partial charge >= 0.3 is 0 Å². The minimum absolute atomic E-state index is 0.0685. The average Bonchev–Trinajstić information content (AvgIpc) is 3.28. The highest BCUT2D eigenvalue weighted by molar-refractivity contribution is 7.88. The first-order chi connectivity index (χ1) is 13.7. The highest BCUT2D eigenvalue weighted by atomic mass is 32.2. The fraction of sp³-hybridized carbons (Fsp3) is 0.278. The van der Waals surface area contributed by atoms with Gasteiger partial charge in [0.1, 0.15) is 5.76 Å². The van der Waals surface area contributed by atoms with Crippen molar-refractivity contribution in [2.45, 2.75) is 25.5 Å². The van der Waals surface area contributed by atoms with Crippen molar-refractivity contribution >= 4 is 15.9 Å². The van der Waals surface area contributed by atoms with Gasteiger partial charge in [-0.15, -0.1) is 0 Å². The van der Waals surface area contributed by atoms with Crippen molar-refractivity contribution in [1.82, 2.24) is 19.1 Å². The molecular formula is C18H22N6O4S.